The Morgan fingerprint density at radius 1 is 0.812 bits per heavy atom. The predicted molar refractivity (Wildman–Crippen MR) is 142 cm³/mol. The quantitative estimate of drug-likeness (QED) is 0.391. The molecule has 3 aliphatic rings. The molecule has 1 aromatic carbocycles. The fourth-order valence-corrected chi connectivity index (χ4v) is 4.80. The minimum atomic E-state index is 0.889. The van der Waals surface area contributed by atoms with Crippen LogP contribution in [0.5, 0.6) is 0 Å². The summed E-state index contributed by atoms with van der Waals surface area (Å²) in [6.45, 7) is 10.9. The lowest BCUT2D eigenvalue weighted by Gasteiger charge is -2.28. The maximum atomic E-state index is 5.00. The van der Waals surface area contributed by atoms with Crippen molar-refractivity contribution in [1.29, 1.82) is 0 Å². The highest BCUT2D eigenvalue weighted by Gasteiger charge is 2.20. The number of benzene rings is 1. The first-order chi connectivity index (χ1) is 15.8. The first kappa shape index (κ1) is 28.9. The van der Waals surface area contributed by atoms with Gasteiger partial charge in [0, 0.05) is 13.7 Å². The van der Waals surface area contributed by atoms with Gasteiger partial charge in [-0.25, -0.2) is 0 Å². The molecule has 1 aliphatic heterocycles. The summed E-state index contributed by atoms with van der Waals surface area (Å²) in [6.07, 6.45) is 20.0. The monoisotopic (exact) mass is 443 g/mol. The van der Waals surface area contributed by atoms with Crippen LogP contribution in [-0.2, 0) is 4.74 Å². The fraction of sp³-hybridized carbons (Fsp3) is 0.733. The average molecular weight is 444 g/mol. The maximum Gasteiger partial charge on any atom is 0.0589 e. The zero-order valence-corrected chi connectivity index (χ0v) is 21.9. The van der Waals surface area contributed by atoms with Crippen LogP contribution in [0, 0.1) is 11.8 Å². The fourth-order valence-electron chi connectivity index (χ4n) is 4.80. The molecule has 0 N–H and O–H groups in total. The van der Waals surface area contributed by atoms with Crippen molar-refractivity contribution in [1.82, 2.24) is 4.90 Å². The average Bonchev–Trinajstić information content (AvgIpc) is 2.86. The standard InChI is InChI=1S/C14H24.C8H17NO.C6H6.C2H6/c1-2-12-10-14(11-12)9-8-13-6-4-3-5-7-13;1-10-8-7-9-5-3-2-4-6-9;1-2-4-6-5-3-1;1-2/h10,13-14H,2-9,11H2,1H3;2-8H2,1H3;1-6H;1-2H3. The number of likely N-dealkylation sites (tertiary alicyclic amines) is 1. The minimum absolute atomic E-state index is 0.889. The van der Waals surface area contributed by atoms with E-state index in [2.05, 4.69) is 17.9 Å². The van der Waals surface area contributed by atoms with Gasteiger partial charge in [0.2, 0.25) is 0 Å². The summed E-state index contributed by atoms with van der Waals surface area (Å²) >= 11 is 0. The summed E-state index contributed by atoms with van der Waals surface area (Å²) in [5.41, 5.74) is 1.71. The summed E-state index contributed by atoms with van der Waals surface area (Å²) in [6, 6.07) is 12.0. The lowest BCUT2D eigenvalue weighted by atomic mass is 9.78. The molecule has 32 heavy (non-hydrogen) atoms. The zero-order valence-electron chi connectivity index (χ0n) is 21.9. The third-order valence-corrected chi connectivity index (χ3v) is 6.85. The molecule has 1 saturated carbocycles. The Balaban J connectivity index is 0.000000248. The summed E-state index contributed by atoms with van der Waals surface area (Å²) in [5.74, 6) is 2.05. The second-order valence-electron chi connectivity index (χ2n) is 9.27. The molecule has 0 bridgehead atoms. The maximum absolute atomic E-state index is 5.00. The van der Waals surface area contributed by atoms with Crippen molar-refractivity contribution in [3.05, 3.63) is 48.0 Å². The van der Waals surface area contributed by atoms with Crippen molar-refractivity contribution >= 4 is 0 Å². The molecule has 2 nitrogen and oxygen atoms in total. The van der Waals surface area contributed by atoms with Gasteiger partial charge in [0.25, 0.3) is 0 Å². The predicted octanol–water partition coefficient (Wildman–Crippen LogP) is 8.53. The Labute approximate surface area is 200 Å². The molecule has 0 amide bonds. The van der Waals surface area contributed by atoms with Crippen LogP contribution >= 0.6 is 0 Å². The molecule has 0 spiro atoms. The number of piperidine rings is 1. The van der Waals surface area contributed by atoms with E-state index in [1.807, 2.05) is 50.2 Å². The number of nitrogens with zero attached hydrogens (tertiary/aromatic N) is 1. The van der Waals surface area contributed by atoms with Crippen LogP contribution in [0.2, 0.25) is 0 Å². The summed E-state index contributed by atoms with van der Waals surface area (Å²) in [7, 11) is 1.77. The van der Waals surface area contributed by atoms with Crippen LogP contribution in [-0.4, -0.2) is 38.3 Å². The molecule has 1 unspecified atom stereocenters. The van der Waals surface area contributed by atoms with Crippen LogP contribution in [0.25, 0.3) is 0 Å². The van der Waals surface area contributed by atoms with E-state index < -0.39 is 0 Å². The van der Waals surface area contributed by atoms with E-state index >= 15 is 0 Å². The van der Waals surface area contributed by atoms with E-state index in [4.69, 9.17) is 4.74 Å². The minimum Gasteiger partial charge on any atom is -0.383 e. The van der Waals surface area contributed by atoms with Gasteiger partial charge in [-0.05, 0) is 63.5 Å². The van der Waals surface area contributed by atoms with E-state index in [0.29, 0.717) is 0 Å². The number of hydrogen-bond acceptors (Lipinski definition) is 2. The van der Waals surface area contributed by atoms with Crippen LogP contribution in [0.4, 0.5) is 0 Å². The molecule has 184 valence electrons. The molecule has 2 heteroatoms. The zero-order chi connectivity index (χ0) is 23.3. The van der Waals surface area contributed by atoms with Crippen LogP contribution < -0.4 is 0 Å². The summed E-state index contributed by atoms with van der Waals surface area (Å²) in [4.78, 5) is 2.48. The smallest absolute Gasteiger partial charge is 0.0589 e. The number of ether oxygens (including phenoxy) is 1. The van der Waals surface area contributed by atoms with Crippen molar-refractivity contribution in [3.8, 4) is 0 Å². The number of hydrogen-bond donors (Lipinski definition) is 0. The van der Waals surface area contributed by atoms with Crippen LogP contribution in [0.3, 0.4) is 0 Å². The first-order valence-electron chi connectivity index (χ1n) is 13.7. The molecule has 1 heterocycles. The Morgan fingerprint density at radius 2 is 1.34 bits per heavy atom. The third kappa shape index (κ3) is 14.1. The van der Waals surface area contributed by atoms with Gasteiger partial charge >= 0.3 is 0 Å². The molecule has 0 aromatic heterocycles. The SMILES string of the molecule is CC.CCC1=CC(CCC2CCCCC2)C1.COCCN1CCCCC1.c1ccccc1. The highest BCUT2D eigenvalue weighted by atomic mass is 16.5. The number of rotatable bonds is 7. The Bertz CT molecular complexity index is 502. The van der Waals surface area contributed by atoms with Gasteiger partial charge in [0.1, 0.15) is 0 Å². The van der Waals surface area contributed by atoms with E-state index in [9.17, 15) is 0 Å². The highest BCUT2D eigenvalue weighted by Crippen LogP contribution is 2.35. The van der Waals surface area contributed by atoms with E-state index in [1.165, 1.54) is 90.1 Å². The van der Waals surface area contributed by atoms with Gasteiger partial charge in [-0.15, -0.1) is 0 Å². The van der Waals surface area contributed by atoms with Crippen molar-refractivity contribution < 1.29 is 4.74 Å². The number of methoxy groups -OCH3 is 1. The molecule has 1 atom stereocenters. The van der Waals surface area contributed by atoms with Crippen LogP contribution in [0.15, 0.2) is 48.0 Å². The third-order valence-electron chi connectivity index (χ3n) is 6.85. The molecule has 1 saturated heterocycles. The van der Waals surface area contributed by atoms with E-state index in [1.54, 1.807) is 12.7 Å². The van der Waals surface area contributed by atoms with Crippen molar-refractivity contribution in [2.45, 2.75) is 97.8 Å². The molecular weight excluding hydrogens is 390 g/mol. The first-order valence-corrected chi connectivity index (χ1v) is 13.7. The van der Waals surface area contributed by atoms with Gasteiger partial charge in [-0.2, -0.15) is 0 Å². The topological polar surface area (TPSA) is 12.5 Å². The summed E-state index contributed by atoms with van der Waals surface area (Å²) < 4.78 is 5.00. The molecule has 2 aliphatic carbocycles. The van der Waals surface area contributed by atoms with Crippen LogP contribution in [0.1, 0.15) is 97.8 Å². The molecular formula is C30H53NO. The lowest BCUT2D eigenvalue weighted by molar-refractivity contribution is 0.135. The second kappa shape index (κ2) is 20.5. The normalized spacial score (nSPS) is 20.8. The Kier molecular flexibility index (Phi) is 18.5. The van der Waals surface area contributed by atoms with E-state index in [-0.39, 0.29) is 0 Å². The van der Waals surface area contributed by atoms with Crippen molar-refractivity contribution in [2.75, 3.05) is 33.4 Å². The van der Waals surface area contributed by atoms with Gasteiger partial charge in [0.05, 0.1) is 6.61 Å². The van der Waals surface area contributed by atoms with Crippen molar-refractivity contribution in [3.63, 3.8) is 0 Å². The lowest BCUT2D eigenvalue weighted by Crippen LogP contribution is -2.32. The molecule has 4 rings (SSSR count). The van der Waals surface area contributed by atoms with Gasteiger partial charge < -0.3 is 9.64 Å². The largest absolute Gasteiger partial charge is 0.383 e. The van der Waals surface area contributed by atoms with Gasteiger partial charge in [-0.1, -0.05) is 107 Å². The Morgan fingerprint density at radius 3 is 1.84 bits per heavy atom. The van der Waals surface area contributed by atoms with Gasteiger partial charge in [0.15, 0.2) is 0 Å². The molecule has 0 radical (unpaired) electrons. The second-order valence-corrected chi connectivity index (χ2v) is 9.27. The highest BCUT2D eigenvalue weighted by molar-refractivity contribution is 5.16. The number of allylic oxidation sites excluding steroid dienone is 2. The van der Waals surface area contributed by atoms with Gasteiger partial charge in [-0.3, -0.25) is 0 Å². The molecule has 1 aromatic rings. The Hall–Kier alpha value is -1.12. The summed E-state index contributed by atoms with van der Waals surface area (Å²) in [5, 5.41) is 0. The van der Waals surface area contributed by atoms with Crippen molar-refractivity contribution in [2.24, 2.45) is 11.8 Å². The van der Waals surface area contributed by atoms with E-state index in [0.717, 1.165) is 25.0 Å². The molecule has 2 fully saturated rings.